The van der Waals surface area contributed by atoms with Crippen molar-refractivity contribution in [1.82, 2.24) is 14.6 Å². The van der Waals surface area contributed by atoms with Crippen LogP contribution in [0.3, 0.4) is 0 Å². The second-order valence-corrected chi connectivity index (χ2v) is 12.6. The third-order valence-electron chi connectivity index (χ3n) is 7.94. The van der Waals surface area contributed by atoms with Gasteiger partial charge in [-0.15, -0.1) is 6.58 Å². The zero-order valence-corrected chi connectivity index (χ0v) is 26.1. The van der Waals surface area contributed by atoms with E-state index in [9.17, 15) is 23.8 Å². The van der Waals surface area contributed by atoms with Gasteiger partial charge in [-0.25, -0.2) is 18.6 Å². The lowest BCUT2D eigenvalue weighted by Crippen LogP contribution is -2.45. The van der Waals surface area contributed by atoms with Crippen LogP contribution < -0.4 is 4.90 Å². The van der Waals surface area contributed by atoms with E-state index >= 15 is 0 Å². The molecule has 2 N–H and O–H groups in total. The molecule has 11 heteroatoms. The van der Waals surface area contributed by atoms with E-state index in [0.29, 0.717) is 72.1 Å². The number of carboxylic acid groups (broad SMARTS) is 1. The molecule has 0 saturated carbocycles. The number of rotatable bonds is 9. The second-order valence-electron chi connectivity index (χ2n) is 12.6. The summed E-state index contributed by atoms with van der Waals surface area (Å²) in [6, 6.07) is 10.4. The summed E-state index contributed by atoms with van der Waals surface area (Å²) in [7, 11) is 0. The standard InChI is InChI=1S/C34H38F2N4O5/c1-7-15-44-34(6)11-13-39(14-12-34)31-29(30(32(42)43)45-33(3,4)5)20(2)37-28-19-26(38-40(28)31)22-10-8-9-21(16-22)23-17-24(35)25(36)18-27(23)41/h7-10,16-19,30,41H,1,11-15H2,2-6H3,(H,42,43). The Morgan fingerprint density at radius 1 is 1.13 bits per heavy atom. The van der Waals surface area contributed by atoms with E-state index in [1.165, 1.54) is 0 Å². The number of nitrogens with zero attached hydrogens (tertiary/aromatic N) is 4. The summed E-state index contributed by atoms with van der Waals surface area (Å²) in [5.74, 6) is -3.18. The highest BCUT2D eigenvalue weighted by Crippen LogP contribution is 2.39. The van der Waals surface area contributed by atoms with E-state index < -0.39 is 35.1 Å². The van der Waals surface area contributed by atoms with Gasteiger partial charge in [0.1, 0.15) is 11.6 Å². The number of aromatic nitrogens is 3. The van der Waals surface area contributed by atoms with Crippen molar-refractivity contribution in [2.24, 2.45) is 0 Å². The highest BCUT2D eigenvalue weighted by atomic mass is 19.2. The number of aryl methyl sites for hydroxylation is 1. The number of hydrogen-bond donors (Lipinski definition) is 2. The Hall–Kier alpha value is -4.35. The van der Waals surface area contributed by atoms with Crippen molar-refractivity contribution in [2.75, 3.05) is 24.6 Å². The number of aromatic hydroxyl groups is 1. The average molecular weight is 621 g/mol. The highest BCUT2D eigenvalue weighted by Gasteiger charge is 2.37. The largest absolute Gasteiger partial charge is 0.507 e. The number of halogens is 2. The van der Waals surface area contributed by atoms with Gasteiger partial charge in [-0.05, 0) is 65.2 Å². The SMILES string of the molecule is C=CCOC1(C)CCN(c2c(C(OC(C)(C)C)C(=O)O)c(C)nc3cc(-c4cccc(-c5cc(F)c(F)cc5O)c4)nn23)CC1. The minimum Gasteiger partial charge on any atom is -0.507 e. The van der Waals surface area contributed by atoms with Crippen LogP contribution in [0.1, 0.15) is 57.9 Å². The number of carbonyl (C=O) groups is 1. The Bertz CT molecular complexity index is 1760. The van der Waals surface area contributed by atoms with Crippen molar-refractivity contribution in [3.8, 4) is 28.1 Å². The van der Waals surface area contributed by atoms with Crippen molar-refractivity contribution < 1.29 is 33.3 Å². The molecule has 1 aliphatic rings. The molecule has 0 spiro atoms. The van der Waals surface area contributed by atoms with E-state index in [1.54, 1.807) is 62.6 Å². The molecule has 2 aromatic carbocycles. The number of phenolic OH excluding ortho intramolecular Hbond substituents is 1. The van der Waals surface area contributed by atoms with Crippen LogP contribution in [-0.4, -0.2) is 61.7 Å². The molecule has 5 rings (SSSR count). The van der Waals surface area contributed by atoms with Gasteiger partial charge in [0.15, 0.2) is 23.4 Å². The first-order valence-electron chi connectivity index (χ1n) is 14.8. The second kappa shape index (κ2) is 12.2. The van der Waals surface area contributed by atoms with Crippen molar-refractivity contribution in [1.29, 1.82) is 0 Å². The zero-order chi connectivity index (χ0) is 32.7. The van der Waals surface area contributed by atoms with Crippen LogP contribution in [0.2, 0.25) is 0 Å². The molecule has 0 bridgehead atoms. The summed E-state index contributed by atoms with van der Waals surface area (Å²) in [6.07, 6.45) is 1.79. The average Bonchev–Trinajstić information content (AvgIpc) is 3.40. The number of fused-ring (bicyclic) bond motifs is 1. The van der Waals surface area contributed by atoms with Gasteiger partial charge in [-0.1, -0.05) is 24.3 Å². The summed E-state index contributed by atoms with van der Waals surface area (Å²) in [5.41, 5.74) is 2.04. The monoisotopic (exact) mass is 620 g/mol. The smallest absolute Gasteiger partial charge is 0.337 e. The minimum absolute atomic E-state index is 0.134. The first kappa shape index (κ1) is 32.1. The maximum atomic E-state index is 14.1. The number of benzene rings is 2. The van der Waals surface area contributed by atoms with Crippen LogP contribution in [0.5, 0.6) is 5.75 Å². The van der Waals surface area contributed by atoms with Gasteiger partial charge in [0.05, 0.1) is 29.1 Å². The Morgan fingerprint density at radius 3 is 2.44 bits per heavy atom. The summed E-state index contributed by atoms with van der Waals surface area (Å²) in [5, 5.41) is 25.6. The molecule has 1 unspecified atom stereocenters. The molecule has 0 amide bonds. The maximum absolute atomic E-state index is 14.1. The lowest BCUT2D eigenvalue weighted by Gasteiger charge is -2.41. The zero-order valence-electron chi connectivity index (χ0n) is 26.1. The highest BCUT2D eigenvalue weighted by molar-refractivity contribution is 5.80. The quantitative estimate of drug-likeness (QED) is 0.196. The number of anilines is 1. The molecule has 1 fully saturated rings. The summed E-state index contributed by atoms with van der Waals surface area (Å²) in [6.45, 7) is 14.6. The van der Waals surface area contributed by atoms with Gasteiger partial charge in [0.2, 0.25) is 0 Å². The summed E-state index contributed by atoms with van der Waals surface area (Å²) >= 11 is 0. The molecule has 2 aromatic heterocycles. The van der Waals surface area contributed by atoms with Crippen LogP contribution in [-0.2, 0) is 14.3 Å². The number of hydrogen-bond acceptors (Lipinski definition) is 7. The third-order valence-corrected chi connectivity index (χ3v) is 7.94. The number of aliphatic carboxylic acids is 1. The van der Waals surface area contributed by atoms with Crippen LogP contribution >= 0.6 is 0 Å². The van der Waals surface area contributed by atoms with E-state index in [1.807, 2.05) is 6.07 Å². The predicted molar refractivity (Wildman–Crippen MR) is 167 cm³/mol. The normalized spacial score (nSPS) is 15.8. The number of piperidine rings is 1. The fourth-order valence-corrected chi connectivity index (χ4v) is 5.66. The molecule has 238 valence electrons. The lowest BCUT2D eigenvalue weighted by molar-refractivity contribution is -0.160. The molecule has 9 nitrogen and oxygen atoms in total. The topological polar surface area (TPSA) is 109 Å². The number of phenols is 1. The van der Waals surface area contributed by atoms with Gasteiger partial charge >= 0.3 is 5.97 Å². The fraction of sp³-hybridized carbons (Fsp3) is 0.382. The van der Waals surface area contributed by atoms with Crippen LogP contribution in [0.15, 0.2) is 55.1 Å². The summed E-state index contributed by atoms with van der Waals surface area (Å²) in [4.78, 5) is 19.6. The van der Waals surface area contributed by atoms with Crippen LogP contribution in [0.4, 0.5) is 14.6 Å². The Balaban J connectivity index is 1.65. The molecule has 0 radical (unpaired) electrons. The van der Waals surface area contributed by atoms with Crippen molar-refractivity contribution in [2.45, 2.75) is 64.8 Å². The Labute approximate surface area is 260 Å². The van der Waals surface area contributed by atoms with E-state index in [0.717, 1.165) is 12.1 Å². The molecule has 1 saturated heterocycles. The molecule has 1 atom stereocenters. The van der Waals surface area contributed by atoms with Crippen molar-refractivity contribution in [3.63, 3.8) is 0 Å². The van der Waals surface area contributed by atoms with Gasteiger partial charge in [-0.2, -0.15) is 9.61 Å². The predicted octanol–water partition coefficient (Wildman–Crippen LogP) is 6.86. The van der Waals surface area contributed by atoms with Crippen LogP contribution in [0.25, 0.3) is 28.0 Å². The fourth-order valence-electron chi connectivity index (χ4n) is 5.66. The van der Waals surface area contributed by atoms with E-state index in [4.69, 9.17) is 19.6 Å². The van der Waals surface area contributed by atoms with Crippen LogP contribution in [0, 0.1) is 18.6 Å². The summed E-state index contributed by atoms with van der Waals surface area (Å²) < 4.78 is 41.6. The van der Waals surface area contributed by atoms with Gasteiger partial charge in [0, 0.05) is 42.0 Å². The van der Waals surface area contributed by atoms with Crippen molar-refractivity contribution >= 4 is 17.4 Å². The molecule has 3 heterocycles. The van der Waals surface area contributed by atoms with Gasteiger partial charge < -0.3 is 24.6 Å². The maximum Gasteiger partial charge on any atom is 0.337 e. The van der Waals surface area contributed by atoms with Gasteiger partial charge in [0.25, 0.3) is 0 Å². The molecule has 45 heavy (non-hydrogen) atoms. The molecule has 0 aliphatic carbocycles. The third kappa shape index (κ3) is 6.69. The first-order chi connectivity index (χ1) is 21.2. The first-order valence-corrected chi connectivity index (χ1v) is 14.8. The molecule has 1 aliphatic heterocycles. The van der Waals surface area contributed by atoms with E-state index in [-0.39, 0.29) is 11.2 Å². The lowest BCUT2D eigenvalue weighted by atomic mass is 9.92. The molecular formula is C34H38F2N4O5. The number of ether oxygens (including phenoxy) is 2. The van der Waals surface area contributed by atoms with E-state index in [2.05, 4.69) is 18.4 Å². The van der Waals surface area contributed by atoms with Gasteiger partial charge in [-0.3, -0.25) is 0 Å². The number of carboxylic acids is 1. The molecular weight excluding hydrogens is 582 g/mol. The Kier molecular flexibility index (Phi) is 8.70. The van der Waals surface area contributed by atoms with Crippen molar-refractivity contribution in [3.05, 3.63) is 78.0 Å². The minimum atomic E-state index is -1.31. The Morgan fingerprint density at radius 2 is 1.80 bits per heavy atom. The molecule has 4 aromatic rings.